The third kappa shape index (κ3) is 8.03. The lowest BCUT2D eigenvalue weighted by Crippen LogP contribution is -2.12. The number of hydrogen-bond donors (Lipinski definition) is 0. The van der Waals surface area contributed by atoms with Crippen LogP contribution >= 0.6 is 11.6 Å². The molecule has 76 valence electrons. The van der Waals surface area contributed by atoms with E-state index >= 15 is 0 Å². The first-order valence-corrected chi connectivity index (χ1v) is 4.81. The summed E-state index contributed by atoms with van der Waals surface area (Å²) in [7, 11) is 0. The Morgan fingerprint density at radius 2 is 2.15 bits per heavy atom. The molecule has 1 unspecified atom stereocenters. The van der Waals surface area contributed by atoms with Crippen LogP contribution in [0.1, 0.15) is 20.8 Å². The van der Waals surface area contributed by atoms with Crippen molar-refractivity contribution < 1.29 is 9.47 Å². The van der Waals surface area contributed by atoms with Crippen molar-refractivity contribution >= 4 is 11.6 Å². The molecule has 0 heterocycles. The van der Waals surface area contributed by atoms with Crippen LogP contribution in [0.25, 0.3) is 0 Å². The lowest BCUT2D eigenvalue weighted by Gasteiger charge is -2.10. The Labute approximate surface area is 85.2 Å². The van der Waals surface area contributed by atoms with E-state index in [1.54, 1.807) is 0 Å². The van der Waals surface area contributed by atoms with Crippen molar-refractivity contribution in [2.75, 3.05) is 13.2 Å². The van der Waals surface area contributed by atoms with Crippen molar-refractivity contribution in [2.24, 2.45) is 0 Å². The summed E-state index contributed by atoms with van der Waals surface area (Å²) in [6.07, 6.45) is 3.62. The van der Waals surface area contributed by atoms with Gasteiger partial charge in [0.25, 0.3) is 0 Å². The third-order valence-electron chi connectivity index (χ3n) is 1.46. The first-order valence-electron chi connectivity index (χ1n) is 4.37. The van der Waals surface area contributed by atoms with Gasteiger partial charge in [0.2, 0.25) is 0 Å². The van der Waals surface area contributed by atoms with Crippen molar-refractivity contribution in [2.45, 2.75) is 27.1 Å². The van der Waals surface area contributed by atoms with E-state index < -0.39 is 0 Å². The van der Waals surface area contributed by atoms with E-state index in [0.29, 0.717) is 13.2 Å². The number of rotatable bonds is 6. The van der Waals surface area contributed by atoms with Crippen molar-refractivity contribution in [3.63, 3.8) is 0 Å². The quantitative estimate of drug-likeness (QED) is 0.489. The minimum atomic E-state index is -0.144. The summed E-state index contributed by atoms with van der Waals surface area (Å²) in [4.78, 5) is 0. The molecule has 0 spiro atoms. The standard InChI is InChI=1S/C10H17ClO2/c1-4-12-10(3)13-8-6-9(2)5-7-11/h5-7,10H,4,8H2,1-3H3/b7-5+,9-6+. The lowest BCUT2D eigenvalue weighted by molar-refractivity contribution is -0.118. The average molecular weight is 205 g/mol. The van der Waals surface area contributed by atoms with Gasteiger partial charge in [-0.1, -0.05) is 23.3 Å². The molecular weight excluding hydrogens is 188 g/mol. The number of ether oxygens (including phenoxy) is 2. The fourth-order valence-corrected chi connectivity index (χ4v) is 0.964. The molecule has 0 rings (SSSR count). The molecule has 0 saturated heterocycles. The first kappa shape index (κ1) is 12.7. The van der Waals surface area contributed by atoms with Gasteiger partial charge in [-0.15, -0.1) is 0 Å². The van der Waals surface area contributed by atoms with E-state index in [4.69, 9.17) is 21.1 Å². The number of halogens is 1. The molecule has 0 aliphatic carbocycles. The van der Waals surface area contributed by atoms with Crippen LogP contribution < -0.4 is 0 Å². The third-order valence-corrected chi connectivity index (χ3v) is 1.59. The minimum Gasteiger partial charge on any atom is -0.353 e. The highest BCUT2D eigenvalue weighted by molar-refractivity contribution is 6.25. The van der Waals surface area contributed by atoms with E-state index in [1.807, 2.05) is 32.9 Å². The van der Waals surface area contributed by atoms with E-state index in [0.717, 1.165) is 5.57 Å². The number of allylic oxidation sites excluding steroid dienone is 2. The van der Waals surface area contributed by atoms with E-state index in [1.165, 1.54) is 5.54 Å². The van der Waals surface area contributed by atoms with Gasteiger partial charge in [0.05, 0.1) is 6.61 Å². The summed E-state index contributed by atoms with van der Waals surface area (Å²) in [5.41, 5.74) is 2.57. The summed E-state index contributed by atoms with van der Waals surface area (Å²) >= 11 is 5.40. The highest BCUT2D eigenvalue weighted by Gasteiger charge is 1.97. The smallest absolute Gasteiger partial charge is 0.155 e. The molecule has 13 heavy (non-hydrogen) atoms. The Hall–Kier alpha value is -0.310. The Morgan fingerprint density at radius 3 is 2.69 bits per heavy atom. The molecule has 0 fully saturated rings. The van der Waals surface area contributed by atoms with Gasteiger partial charge in [-0.05, 0) is 26.8 Å². The molecule has 0 aromatic rings. The van der Waals surface area contributed by atoms with Crippen LogP contribution in [0, 0.1) is 0 Å². The average Bonchev–Trinajstić information content (AvgIpc) is 2.05. The van der Waals surface area contributed by atoms with Gasteiger partial charge < -0.3 is 9.47 Å². The zero-order valence-corrected chi connectivity index (χ0v) is 9.17. The van der Waals surface area contributed by atoms with Crippen molar-refractivity contribution in [1.82, 2.24) is 0 Å². The maximum atomic E-state index is 5.40. The zero-order chi connectivity index (χ0) is 10.1. The molecule has 0 aromatic carbocycles. The van der Waals surface area contributed by atoms with E-state index in [2.05, 4.69) is 0 Å². The lowest BCUT2D eigenvalue weighted by atomic mass is 10.3. The van der Waals surface area contributed by atoms with Gasteiger partial charge >= 0.3 is 0 Å². The topological polar surface area (TPSA) is 18.5 Å². The Kier molecular flexibility index (Phi) is 8.10. The summed E-state index contributed by atoms with van der Waals surface area (Å²) < 4.78 is 10.5. The molecule has 0 saturated carbocycles. The summed E-state index contributed by atoms with van der Waals surface area (Å²) in [5, 5.41) is 0. The molecule has 0 aliphatic heterocycles. The summed E-state index contributed by atoms with van der Waals surface area (Å²) in [5.74, 6) is 0. The van der Waals surface area contributed by atoms with Gasteiger partial charge in [-0.25, -0.2) is 0 Å². The molecule has 0 aromatic heterocycles. The molecule has 1 atom stereocenters. The van der Waals surface area contributed by atoms with Crippen LogP contribution in [0.5, 0.6) is 0 Å². The normalized spacial score (nSPS) is 15.2. The fourth-order valence-electron chi connectivity index (χ4n) is 0.765. The molecule has 0 N–H and O–H groups in total. The summed E-state index contributed by atoms with van der Waals surface area (Å²) in [6, 6.07) is 0. The molecule has 0 aliphatic rings. The van der Waals surface area contributed by atoms with Crippen LogP contribution in [-0.2, 0) is 9.47 Å². The first-order chi connectivity index (χ1) is 6.20. The van der Waals surface area contributed by atoms with E-state index in [-0.39, 0.29) is 6.29 Å². The predicted molar refractivity (Wildman–Crippen MR) is 55.8 cm³/mol. The second kappa shape index (κ2) is 8.30. The van der Waals surface area contributed by atoms with Crippen LogP contribution in [0.3, 0.4) is 0 Å². The van der Waals surface area contributed by atoms with Crippen molar-refractivity contribution in [3.8, 4) is 0 Å². The van der Waals surface area contributed by atoms with Gasteiger partial charge in [0, 0.05) is 12.1 Å². The van der Waals surface area contributed by atoms with Crippen LogP contribution in [0.4, 0.5) is 0 Å². The van der Waals surface area contributed by atoms with Gasteiger partial charge in [0.1, 0.15) is 0 Å². The molecule has 3 heteroatoms. The van der Waals surface area contributed by atoms with Gasteiger partial charge in [0.15, 0.2) is 6.29 Å². The molecular formula is C10H17ClO2. The van der Waals surface area contributed by atoms with Crippen molar-refractivity contribution in [3.05, 3.63) is 23.3 Å². The predicted octanol–water partition coefficient (Wildman–Crippen LogP) is 3.08. The molecule has 2 nitrogen and oxygen atoms in total. The second-order valence-corrected chi connectivity index (χ2v) is 2.85. The monoisotopic (exact) mass is 204 g/mol. The van der Waals surface area contributed by atoms with Gasteiger partial charge in [-0.3, -0.25) is 0 Å². The zero-order valence-electron chi connectivity index (χ0n) is 8.42. The fraction of sp³-hybridized carbons (Fsp3) is 0.600. The minimum absolute atomic E-state index is 0.144. The SMILES string of the molecule is CCOC(C)OC/C=C(C)/C=C/Cl. The molecule has 0 amide bonds. The Morgan fingerprint density at radius 1 is 1.46 bits per heavy atom. The Balaban J connectivity index is 3.58. The number of hydrogen-bond acceptors (Lipinski definition) is 2. The highest BCUT2D eigenvalue weighted by Crippen LogP contribution is 1.98. The van der Waals surface area contributed by atoms with Crippen LogP contribution in [-0.4, -0.2) is 19.5 Å². The second-order valence-electron chi connectivity index (χ2n) is 2.60. The maximum Gasteiger partial charge on any atom is 0.155 e. The summed E-state index contributed by atoms with van der Waals surface area (Å²) in [6.45, 7) is 7.01. The van der Waals surface area contributed by atoms with Gasteiger partial charge in [-0.2, -0.15) is 0 Å². The Bertz CT molecular complexity index is 176. The maximum absolute atomic E-state index is 5.40. The van der Waals surface area contributed by atoms with Crippen molar-refractivity contribution in [1.29, 1.82) is 0 Å². The largest absolute Gasteiger partial charge is 0.353 e. The molecule has 0 bridgehead atoms. The molecule has 0 radical (unpaired) electrons. The highest BCUT2D eigenvalue weighted by atomic mass is 35.5. The van der Waals surface area contributed by atoms with E-state index in [9.17, 15) is 0 Å². The van der Waals surface area contributed by atoms with Crippen LogP contribution in [0.2, 0.25) is 0 Å². The van der Waals surface area contributed by atoms with Crippen LogP contribution in [0.15, 0.2) is 23.3 Å².